The summed E-state index contributed by atoms with van der Waals surface area (Å²) in [5.41, 5.74) is -0.675. The Morgan fingerprint density at radius 2 is 1.90 bits per heavy atom. The van der Waals surface area contributed by atoms with Crippen molar-refractivity contribution in [2.24, 2.45) is 5.41 Å². The Labute approximate surface area is 235 Å². The van der Waals surface area contributed by atoms with Crippen LogP contribution in [0.5, 0.6) is 0 Å². The summed E-state index contributed by atoms with van der Waals surface area (Å²) in [6, 6.07) is 8.83. The molecule has 0 aliphatic carbocycles. The van der Waals surface area contributed by atoms with Crippen molar-refractivity contribution in [3.63, 3.8) is 0 Å². The van der Waals surface area contributed by atoms with Gasteiger partial charge in [-0.15, -0.1) is 0 Å². The molecule has 0 radical (unpaired) electrons. The number of nitriles is 1. The first kappa shape index (κ1) is 28.2. The van der Waals surface area contributed by atoms with Crippen LogP contribution in [-0.2, 0) is 15.0 Å². The van der Waals surface area contributed by atoms with E-state index in [1.165, 1.54) is 16.8 Å². The topological polar surface area (TPSA) is 109 Å². The molecule has 1 saturated heterocycles. The predicted octanol–water partition coefficient (Wildman–Crippen LogP) is 4.87. The number of carbonyl (C=O) groups is 3. The van der Waals surface area contributed by atoms with Gasteiger partial charge in [0.1, 0.15) is 23.6 Å². The van der Waals surface area contributed by atoms with E-state index in [2.05, 4.69) is 16.4 Å². The maximum atomic E-state index is 14.3. The van der Waals surface area contributed by atoms with Gasteiger partial charge in [0.05, 0.1) is 17.0 Å². The van der Waals surface area contributed by atoms with Gasteiger partial charge in [0.15, 0.2) is 11.6 Å². The number of anilines is 1. The SMILES string of the molecule is CN(C(=O)c1cc2c(F)cc(F)c(F)c2[nH]1)[C@@H](CCC(C)(C)C)C(=O)N1C[C@]2(C[C@H]1C#N)C(=O)Nc1ccccc12. The van der Waals surface area contributed by atoms with Gasteiger partial charge in [0.25, 0.3) is 5.91 Å². The molecule has 1 aromatic heterocycles. The number of rotatable bonds is 5. The molecule has 2 aliphatic rings. The summed E-state index contributed by atoms with van der Waals surface area (Å²) in [5.74, 6) is -5.29. The second kappa shape index (κ2) is 9.94. The van der Waals surface area contributed by atoms with E-state index in [-0.39, 0.29) is 41.8 Å². The quantitative estimate of drug-likeness (QED) is 0.431. The Morgan fingerprint density at radius 1 is 1.20 bits per heavy atom. The molecule has 0 unspecified atom stereocenters. The third-order valence-electron chi connectivity index (χ3n) is 8.14. The number of nitrogens with one attached hydrogen (secondary N) is 2. The summed E-state index contributed by atoms with van der Waals surface area (Å²) in [4.78, 5) is 45.9. The second-order valence-corrected chi connectivity index (χ2v) is 12.1. The first-order valence-electron chi connectivity index (χ1n) is 13.3. The van der Waals surface area contributed by atoms with Crippen LogP contribution >= 0.6 is 0 Å². The number of carbonyl (C=O) groups excluding carboxylic acids is 3. The molecule has 11 heteroatoms. The van der Waals surface area contributed by atoms with Crippen molar-refractivity contribution < 1.29 is 27.6 Å². The largest absolute Gasteiger partial charge is 0.348 e. The number of H-pyrrole nitrogens is 1. The number of benzene rings is 2. The van der Waals surface area contributed by atoms with E-state index in [4.69, 9.17) is 0 Å². The molecule has 2 aliphatic heterocycles. The Balaban J connectivity index is 1.49. The minimum atomic E-state index is -1.40. The lowest BCUT2D eigenvalue weighted by Gasteiger charge is -2.33. The van der Waals surface area contributed by atoms with Crippen LogP contribution in [-0.4, -0.2) is 58.2 Å². The van der Waals surface area contributed by atoms with Crippen LogP contribution in [0, 0.1) is 34.2 Å². The highest BCUT2D eigenvalue weighted by Gasteiger charge is 2.56. The third kappa shape index (κ3) is 4.71. The van der Waals surface area contributed by atoms with Gasteiger partial charge in [0.2, 0.25) is 11.8 Å². The first-order chi connectivity index (χ1) is 19.3. The zero-order chi connectivity index (χ0) is 29.9. The highest BCUT2D eigenvalue weighted by atomic mass is 19.2. The van der Waals surface area contributed by atoms with Crippen molar-refractivity contribution in [1.29, 1.82) is 5.26 Å². The summed E-state index contributed by atoms with van der Waals surface area (Å²) in [5, 5.41) is 12.6. The average Bonchev–Trinajstić information content (AvgIpc) is 3.61. The number of hydrogen-bond acceptors (Lipinski definition) is 4. The smallest absolute Gasteiger partial charge is 0.270 e. The maximum Gasteiger partial charge on any atom is 0.270 e. The molecule has 214 valence electrons. The molecule has 1 spiro atoms. The van der Waals surface area contributed by atoms with Gasteiger partial charge in [0, 0.05) is 37.2 Å². The van der Waals surface area contributed by atoms with Gasteiger partial charge < -0.3 is 20.1 Å². The van der Waals surface area contributed by atoms with Crippen molar-refractivity contribution in [2.75, 3.05) is 18.9 Å². The number of hydrogen-bond donors (Lipinski definition) is 2. The van der Waals surface area contributed by atoms with E-state index in [9.17, 15) is 32.8 Å². The molecule has 2 aromatic carbocycles. The number of halogens is 3. The molecule has 2 N–H and O–H groups in total. The van der Waals surface area contributed by atoms with Gasteiger partial charge in [-0.25, -0.2) is 13.2 Å². The molecule has 3 amide bonds. The summed E-state index contributed by atoms with van der Waals surface area (Å²) >= 11 is 0. The molecular formula is C30H30F3N5O3. The fourth-order valence-corrected chi connectivity index (χ4v) is 5.86. The number of aromatic nitrogens is 1. The highest BCUT2D eigenvalue weighted by molar-refractivity contribution is 6.07. The van der Waals surface area contributed by atoms with Crippen molar-refractivity contribution >= 4 is 34.3 Å². The molecule has 3 heterocycles. The van der Waals surface area contributed by atoms with Crippen LogP contribution in [0.2, 0.25) is 0 Å². The van der Waals surface area contributed by atoms with E-state index in [1.807, 2.05) is 20.8 Å². The number of nitrogens with zero attached hydrogens (tertiary/aromatic N) is 3. The van der Waals surface area contributed by atoms with Gasteiger partial charge in [-0.2, -0.15) is 5.26 Å². The number of fused-ring (bicyclic) bond motifs is 3. The average molecular weight is 566 g/mol. The van der Waals surface area contributed by atoms with Gasteiger partial charge in [-0.1, -0.05) is 39.0 Å². The molecule has 5 rings (SSSR count). The molecule has 0 bridgehead atoms. The van der Waals surface area contributed by atoms with Crippen LogP contribution < -0.4 is 5.32 Å². The summed E-state index contributed by atoms with van der Waals surface area (Å²) in [7, 11) is 1.40. The van der Waals surface area contributed by atoms with Crippen molar-refractivity contribution in [2.45, 2.75) is 57.5 Å². The van der Waals surface area contributed by atoms with E-state index >= 15 is 0 Å². The van der Waals surface area contributed by atoms with Gasteiger partial charge >= 0.3 is 0 Å². The van der Waals surface area contributed by atoms with Crippen LogP contribution in [0.25, 0.3) is 10.9 Å². The zero-order valence-corrected chi connectivity index (χ0v) is 23.1. The minimum absolute atomic E-state index is 0.0386. The number of para-hydroxylation sites is 1. The lowest BCUT2D eigenvalue weighted by atomic mass is 9.80. The summed E-state index contributed by atoms with van der Waals surface area (Å²) in [6.07, 6.45) is 0.863. The normalized spacial score (nSPS) is 20.7. The van der Waals surface area contributed by atoms with Crippen LogP contribution in [0.3, 0.4) is 0 Å². The van der Waals surface area contributed by atoms with Gasteiger partial charge in [-0.05, 0) is 36.0 Å². The highest BCUT2D eigenvalue weighted by Crippen LogP contribution is 2.46. The van der Waals surface area contributed by atoms with Crippen LogP contribution in [0.15, 0.2) is 36.4 Å². The predicted molar refractivity (Wildman–Crippen MR) is 145 cm³/mol. The second-order valence-electron chi connectivity index (χ2n) is 12.1. The zero-order valence-electron chi connectivity index (χ0n) is 23.1. The van der Waals surface area contributed by atoms with E-state index in [0.717, 1.165) is 6.07 Å². The molecule has 41 heavy (non-hydrogen) atoms. The van der Waals surface area contributed by atoms with Crippen LogP contribution in [0.4, 0.5) is 18.9 Å². The number of aromatic amines is 1. The number of likely N-dealkylation sites (tertiary alicyclic amines) is 1. The fraction of sp³-hybridized carbons (Fsp3) is 0.400. The Bertz CT molecular complexity index is 1620. The third-order valence-corrected chi connectivity index (χ3v) is 8.14. The van der Waals surface area contributed by atoms with Crippen LogP contribution in [0.1, 0.15) is 56.1 Å². The summed E-state index contributed by atoms with van der Waals surface area (Å²) in [6.45, 7) is 5.91. The summed E-state index contributed by atoms with van der Waals surface area (Å²) < 4.78 is 42.5. The Hall–Kier alpha value is -4.33. The molecule has 3 atom stereocenters. The number of amides is 3. The Morgan fingerprint density at radius 3 is 2.59 bits per heavy atom. The lowest BCUT2D eigenvalue weighted by Crippen LogP contribution is -2.51. The number of likely N-dealkylation sites (N-methyl/N-ethyl adjacent to an activating group) is 1. The van der Waals surface area contributed by atoms with Crippen molar-refractivity contribution in [1.82, 2.24) is 14.8 Å². The van der Waals surface area contributed by atoms with E-state index in [1.54, 1.807) is 24.3 Å². The Kier molecular flexibility index (Phi) is 6.84. The standard InChI is InChI=1S/C30H30F3N5O3/c1-29(2,3)10-9-23(37(4)26(39)22-11-17-19(31)12-20(32)24(33)25(17)35-22)27(40)38-15-30(13-16(38)14-34)18-7-5-6-8-21(18)36-28(30)41/h5-8,11-12,16,23,35H,9-10,13,15H2,1-4H3,(H,36,41)/t16-,23-,30-/m0/s1. The van der Waals surface area contributed by atoms with Crippen molar-refractivity contribution in [3.05, 3.63) is 65.1 Å². The van der Waals surface area contributed by atoms with E-state index < -0.39 is 52.3 Å². The molecular weight excluding hydrogens is 535 g/mol. The monoisotopic (exact) mass is 565 g/mol. The minimum Gasteiger partial charge on any atom is -0.348 e. The fourth-order valence-electron chi connectivity index (χ4n) is 5.86. The maximum absolute atomic E-state index is 14.3. The molecule has 0 saturated carbocycles. The molecule has 3 aromatic rings. The van der Waals surface area contributed by atoms with Gasteiger partial charge in [-0.3, -0.25) is 14.4 Å². The molecule has 8 nitrogen and oxygen atoms in total. The van der Waals surface area contributed by atoms with Crippen molar-refractivity contribution in [3.8, 4) is 6.07 Å². The molecule has 1 fully saturated rings. The first-order valence-corrected chi connectivity index (χ1v) is 13.3. The lowest BCUT2D eigenvalue weighted by molar-refractivity contribution is -0.136. The van der Waals surface area contributed by atoms with E-state index in [0.29, 0.717) is 23.7 Å².